The van der Waals surface area contributed by atoms with Crippen LogP contribution in [0.4, 0.5) is 5.82 Å². The van der Waals surface area contributed by atoms with Gasteiger partial charge in [-0.25, -0.2) is 4.98 Å². The van der Waals surface area contributed by atoms with Crippen molar-refractivity contribution in [2.45, 2.75) is 19.6 Å². The SMILES string of the molecule is C[Si](C)(C)c1cccnc1N. The first-order chi connectivity index (χ1) is 5.02. The number of anilines is 1. The molecule has 1 rings (SSSR count). The van der Waals surface area contributed by atoms with Gasteiger partial charge in [0.15, 0.2) is 0 Å². The third-order valence-electron chi connectivity index (χ3n) is 1.65. The second-order valence-corrected chi connectivity index (χ2v) is 8.72. The lowest BCUT2D eigenvalue weighted by atomic mass is 10.5. The molecule has 0 atom stereocenters. The van der Waals surface area contributed by atoms with Gasteiger partial charge in [0.05, 0.1) is 8.07 Å². The predicted molar refractivity (Wildman–Crippen MR) is 51.6 cm³/mol. The summed E-state index contributed by atoms with van der Waals surface area (Å²) >= 11 is 0. The monoisotopic (exact) mass is 166 g/mol. The molecule has 0 radical (unpaired) electrons. The number of aromatic nitrogens is 1. The lowest BCUT2D eigenvalue weighted by molar-refractivity contribution is 1.35. The standard InChI is InChI=1S/C8H14N2Si/c1-11(2,3)7-5-4-6-10-8(7)9/h4-6H,1-3H3,(H2,9,10). The molecule has 0 saturated carbocycles. The Morgan fingerprint density at radius 1 is 1.36 bits per heavy atom. The lowest BCUT2D eigenvalue weighted by Gasteiger charge is -2.17. The summed E-state index contributed by atoms with van der Waals surface area (Å²) in [5.74, 6) is 0.701. The van der Waals surface area contributed by atoms with E-state index in [1.54, 1.807) is 6.20 Å². The molecule has 60 valence electrons. The van der Waals surface area contributed by atoms with Crippen LogP contribution in [0.5, 0.6) is 0 Å². The molecule has 0 unspecified atom stereocenters. The van der Waals surface area contributed by atoms with Gasteiger partial charge in [0.2, 0.25) is 0 Å². The molecular weight excluding hydrogens is 152 g/mol. The Balaban J connectivity index is 3.14. The fraction of sp³-hybridized carbons (Fsp3) is 0.375. The fourth-order valence-corrected chi connectivity index (χ4v) is 2.48. The molecule has 0 bridgehead atoms. The largest absolute Gasteiger partial charge is 0.384 e. The van der Waals surface area contributed by atoms with Gasteiger partial charge in [-0.3, -0.25) is 0 Å². The van der Waals surface area contributed by atoms with Crippen molar-refractivity contribution in [3.63, 3.8) is 0 Å². The summed E-state index contributed by atoms with van der Waals surface area (Å²) in [7, 11) is -1.27. The number of hydrogen-bond acceptors (Lipinski definition) is 2. The Labute approximate surface area is 68.5 Å². The normalized spacial score (nSPS) is 11.5. The highest BCUT2D eigenvalue weighted by molar-refractivity contribution is 6.89. The topological polar surface area (TPSA) is 38.9 Å². The quantitative estimate of drug-likeness (QED) is 0.637. The molecule has 11 heavy (non-hydrogen) atoms. The zero-order valence-electron chi connectivity index (χ0n) is 7.26. The van der Waals surface area contributed by atoms with E-state index in [0.717, 1.165) is 0 Å². The summed E-state index contributed by atoms with van der Waals surface area (Å²) in [6, 6.07) is 4.03. The summed E-state index contributed by atoms with van der Waals surface area (Å²) in [6.45, 7) is 6.79. The van der Waals surface area contributed by atoms with E-state index in [0.29, 0.717) is 5.82 Å². The lowest BCUT2D eigenvalue weighted by Crippen LogP contribution is -2.39. The predicted octanol–water partition coefficient (Wildman–Crippen LogP) is 1.21. The van der Waals surface area contributed by atoms with Crippen LogP contribution < -0.4 is 10.9 Å². The molecule has 0 spiro atoms. The molecule has 2 nitrogen and oxygen atoms in total. The van der Waals surface area contributed by atoms with Gasteiger partial charge in [-0.1, -0.05) is 25.7 Å². The molecule has 0 aliphatic carbocycles. The van der Waals surface area contributed by atoms with Crippen LogP contribution in [0.2, 0.25) is 19.6 Å². The third kappa shape index (κ3) is 1.80. The van der Waals surface area contributed by atoms with E-state index >= 15 is 0 Å². The summed E-state index contributed by atoms with van der Waals surface area (Å²) in [6.07, 6.45) is 1.74. The van der Waals surface area contributed by atoms with E-state index in [1.165, 1.54) is 5.19 Å². The van der Waals surface area contributed by atoms with E-state index in [1.807, 2.05) is 6.07 Å². The zero-order valence-corrected chi connectivity index (χ0v) is 8.26. The maximum absolute atomic E-state index is 5.73. The van der Waals surface area contributed by atoms with Gasteiger partial charge in [-0.15, -0.1) is 0 Å². The van der Waals surface area contributed by atoms with Gasteiger partial charge in [0, 0.05) is 6.20 Å². The van der Waals surface area contributed by atoms with Crippen LogP contribution in [0.1, 0.15) is 0 Å². The summed E-state index contributed by atoms with van der Waals surface area (Å²) in [4.78, 5) is 4.06. The van der Waals surface area contributed by atoms with Crippen molar-refractivity contribution in [2.24, 2.45) is 0 Å². The molecule has 1 aromatic heterocycles. The second kappa shape index (κ2) is 2.66. The van der Waals surface area contributed by atoms with Gasteiger partial charge in [0.1, 0.15) is 5.82 Å². The van der Waals surface area contributed by atoms with Crippen LogP contribution in [0.15, 0.2) is 18.3 Å². The molecule has 0 aromatic carbocycles. The highest BCUT2D eigenvalue weighted by atomic mass is 28.3. The van der Waals surface area contributed by atoms with Crippen molar-refractivity contribution in [1.82, 2.24) is 4.98 Å². The first-order valence-electron chi connectivity index (χ1n) is 3.73. The molecule has 3 heteroatoms. The second-order valence-electron chi connectivity index (χ2n) is 3.69. The third-order valence-corrected chi connectivity index (χ3v) is 3.69. The summed E-state index contributed by atoms with van der Waals surface area (Å²) < 4.78 is 0. The van der Waals surface area contributed by atoms with Crippen LogP contribution in [-0.4, -0.2) is 13.1 Å². The van der Waals surface area contributed by atoms with Crippen molar-refractivity contribution in [3.8, 4) is 0 Å². The van der Waals surface area contributed by atoms with Crippen LogP contribution in [0.3, 0.4) is 0 Å². The number of nitrogens with two attached hydrogens (primary N) is 1. The average molecular weight is 166 g/mol. The maximum Gasteiger partial charge on any atom is 0.122 e. The Bertz CT molecular complexity index is 253. The van der Waals surface area contributed by atoms with E-state index < -0.39 is 8.07 Å². The number of hydrogen-bond donors (Lipinski definition) is 1. The van der Waals surface area contributed by atoms with Gasteiger partial charge in [0.25, 0.3) is 0 Å². The Morgan fingerprint density at radius 3 is 2.36 bits per heavy atom. The molecular formula is C8H14N2Si. The summed E-state index contributed by atoms with van der Waals surface area (Å²) in [5.41, 5.74) is 5.73. The van der Waals surface area contributed by atoms with Gasteiger partial charge < -0.3 is 5.73 Å². The van der Waals surface area contributed by atoms with E-state index in [4.69, 9.17) is 5.73 Å². The Morgan fingerprint density at radius 2 is 2.00 bits per heavy atom. The molecule has 0 aliphatic rings. The smallest absolute Gasteiger partial charge is 0.122 e. The van der Waals surface area contributed by atoms with E-state index in [-0.39, 0.29) is 0 Å². The van der Waals surface area contributed by atoms with Crippen molar-refractivity contribution < 1.29 is 0 Å². The van der Waals surface area contributed by atoms with Crippen molar-refractivity contribution in [2.75, 3.05) is 5.73 Å². The minimum atomic E-state index is -1.27. The highest BCUT2D eigenvalue weighted by Gasteiger charge is 2.18. The number of rotatable bonds is 1. The fourth-order valence-electron chi connectivity index (χ4n) is 1.05. The zero-order chi connectivity index (χ0) is 8.48. The molecule has 2 N–H and O–H groups in total. The molecule has 0 saturated heterocycles. The number of nitrogens with zero attached hydrogens (tertiary/aromatic N) is 1. The van der Waals surface area contributed by atoms with Crippen molar-refractivity contribution in [3.05, 3.63) is 18.3 Å². The Kier molecular flexibility index (Phi) is 2.00. The molecule has 1 aromatic rings. The van der Waals surface area contributed by atoms with E-state index in [2.05, 4.69) is 30.7 Å². The number of nitrogen functional groups attached to an aromatic ring is 1. The number of pyridine rings is 1. The first kappa shape index (κ1) is 8.27. The first-order valence-corrected chi connectivity index (χ1v) is 7.23. The minimum Gasteiger partial charge on any atom is -0.384 e. The highest BCUT2D eigenvalue weighted by Crippen LogP contribution is 2.05. The molecule has 0 fully saturated rings. The van der Waals surface area contributed by atoms with Crippen molar-refractivity contribution in [1.29, 1.82) is 0 Å². The Hall–Kier alpha value is -0.833. The van der Waals surface area contributed by atoms with E-state index in [9.17, 15) is 0 Å². The molecule has 0 aliphatic heterocycles. The van der Waals surface area contributed by atoms with Crippen LogP contribution in [-0.2, 0) is 0 Å². The van der Waals surface area contributed by atoms with Gasteiger partial charge >= 0.3 is 0 Å². The van der Waals surface area contributed by atoms with Crippen molar-refractivity contribution >= 4 is 19.1 Å². The molecule has 1 heterocycles. The minimum absolute atomic E-state index is 0.701. The van der Waals surface area contributed by atoms with Crippen LogP contribution in [0.25, 0.3) is 0 Å². The maximum atomic E-state index is 5.73. The summed E-state index contributed by atoms with van der Waals surface area (Å²) in [5, 5.41) is 1.25. The average Bonchev–Trinajstić information content (AvgIpc) is 1.86. The van der Waals surface area contributed by atoms with Crippen LogP contribution in [0, 0.1) is 0 Å². The van der Waals surface area contributed by atoms with Gasteiger partial charge in [-0.2, -0.15) is 0 Å². The van der Waals surface area contributed by atoms with Gasteiger partial charge in [-0.05, 0) is 11.3 Å². The molecule has 0 amide bonds. The van der Waals surface area contributed by atoms with Crippen LogP contribution >= 0.6 is 0 Å².